The predicted octanol–water partition coefficient (Wildman–Crippen LogP) is 0.721. The van der Waals surface area contributed by atoms with Gasteiger partial charge >= 0.3 is 0 Å². The first-order chi connectivity index (χ1) is 11.4. The Bertz CT molecular complexity index is 363. The Labute approximate surface area is 206 Å². The van der Waals surface area contributed by atoms with Gasteiger partial charge in [0.15, 0.2) is 0 Å². The third-order valence-electron chi connectivity index (χ3n) is 1.98. The quantitative estimate of drug-likeness (QED) is 0.0964. The first-order valence-electron chi connectivity index (χ1n) is 8.26. The van der Waals surface area contributed by atoms with Gasteiger partial charge in [0, 0.05) is 12.2 Å². The molecule has 0 radical (unpaired) electrons. The first-order valence-corrected chi connectivity index (χ1v) is 18.7. The van der Waals surface area contributed by atoms with Crippen LogP contribution in [0.25, 0.3) is 0 Å². The van der Waals surface area contributed by atoms with Crippen LogP contribution in [0.2, 0.25) is 45.3 Å². The standard InChI is InChI=1S/C6H13IOSi.C5H11NOSi.C3H6IO.C2H4O.HI/c1-9(2,3)5-6(8)4-7;1-8(2,3)5-6-4-7;4-2-1-3-5;1-2-3-1;/h4-5H2,1-3H3;5H2,1-3H3;1-3H2;1-2H2;1H/q;;-1;;/p-1. The smallest absolute Gasteiger partial charge is 0.234 e. The van der Waals surface area contributed by atoms with Crippen molar-refractivity contribution in [3.63, 3.8) is 0 Å². The van der Waals surface area contributed by atoms with E-state index in [1.165, 1.54) is 6.08 Å². The summed E-state index contributed by atoms with van der Waals surface area (Å²) in [6.07, 6.45) is 3.06. The molecule has 0 spiro atoms. The van der Waals surface area contributed by atoms with Crippen LogP contribution in [0.5, 0.6) is 0 Å². The summed E-state index contributed by atoms with van der Waals surface area (Å²) in [7, 11) is -2.20. The summed E-state index contributed by atoms with van der Waals surface area (Å²) >= 11 is 4.31. The summed E-state index contributed by atoms with van der Waals surface area (Å²) < 4.78 is 6.18. The van der Waals surface area contributed by atoms with Crippen LogP contribution in [0.1, 0.15) is 6.42 Å². The van der Waals surface area contributed by atoms with Gasteiger partial charge in [-0.05, 0) is 4.43 Å². The van der Waals surface area contributed by atoms with E-state index in [0.717, 1.165) is 30.1 Å². The number of carbonyl (C=O) groups is 1. The van der Waals surface area contributed by atoms with Gasteiger partial charge in [-0.1, -0.05) is 90.9 Å². The van der Waals surface area contributed by atoms with Crippen molar-refractivity contribution in [3.8, 4) is 0 Å². The average molecular weight is 741 g/mol. The maximum absolute atomic E-state index is 10.9. The molecule has 0 aliphatic carbocycles. The molecule has 0 aromatic heterocycles. The summed E-state index contributed by atoms with van der Waals surface area (Å²) in [6.45, 7) is 15.2. The Hall–Kier alpha value is 1.59. The van der Waals surface area contributed by atoms with Crippen molar-refractivity contribution >= 4 is 73.2 Å². The lowest BCUT2D eigenvalue weighted by Crippen LogP contribution is -3.00. The lowest BCUT2D eigenvalue weighted by molar-refractivity contribution is -0.367. The molecule has 1 rings (SSSR count). The maximum atomic E-state index is 10.9. The summed E-state index contributed by atoms with van der Waals surface area (Å²) in [5, 5.41) is 9.53. The van der Waals surface area contributed by atoms with Crippen LogP contribution in [0, 0.1) is 0 Å². The molecule has 1 aliphatic rings. The third-order valence-corrected chi connectivity index (χ3v) is 6.15. The van der Waals surface area contributed by atoms with E-state index in [0.29, 0.717) is 16.4 Å². The van der Waals surface area contributed by atoms with Gasteiger partial charge in [0.1, 0.15) is 5.78 Å². The molecule has 0 aromatic rings. The van der Waals surface area contributed by atoms with Crippen LogP contribution in [-0.2, 0) is 14.3 Å². The molecule has 0 unspecified atom stereocenters. The highest BCUT2D eigenvalue weighted by molar-refractivity contribution is 14.1. The van der Waals surface area contributed by atoms with Gasteiger partial charge in [-0.25, -0.2) is 9.79 Å². The van der Waals surface area contributed by atoms with Crippen molar-refractivity contribution in [2.75, 3.05) is 34.8 Å². The molecule has 10 heteroatoms. The molecule has 0 N–H and O–H groups in total. The normalized spacial score (nSPS) is 11.6. The van der Waals surface area contributed by atoms with E-state index in [1.807, 2.05) is 0 Å². The van der Waals surface area contributed by atoms with Gasteiger partial charge in [-0.15, -0.1) is 6.61 Å². The fourth-order valence-electron chi connectivity index (χ4n) is 0.963. The number of ketones is 1. The molecule has 1 fully saturated rings. The summed E-state index contributed by atoms with van der Waals surface area (Å²) in [4.78, 5) is 23.9. The van der Waals surface area contributed by atoms with Crippen molar-refractivity contribution < 1.29 is 43.4 Å². The number of epoxide rings is 1. The number of aliphatic imine (C=N–C) groups is 1. The van der Waals surface area contributed by atoms with Crippen molar-refractivity contribution in [2.45, 2.75) is 51.7 Å². The average Bonchev–Trinajstić information content (AvgIpc) is 3.33. The van der Waals surface area contributed by atoms with Crippen molar-refractivity contribution in [1.82, 2.24) is 0 Å². The molecule has 0 amide bonds. The zero-order valence-corrected chi connectivity index (χ0v) is 25.3. The molecule has 1 aliphatic heterocycles. The number of rotatable bonds is 7. The molecular formula is C16H34I3NO4Si2-2. The molecule has 0 aromatic carbocycles. The van der Waals surface area contributed by atoms with Crippen molar-refractivity contribution in [2.24, 2.45) is 4.99 Å². The monoisotopic (exact) mass is 741 g/mol. The number of halogens is 3. The first kappa shape index (κ1) is 35.1. The van der Waals surface area contributed by atoms with Gasteiger partial charge < -0.3 is 33.8 Å². The third kappa shape index (κ3) is 56.2. The van der Waals surface area contributed by atoms with E-state index in [2.05, 4.69) is 94.2 Å². The second kappa shape index (κ2) is 22.9. The number of hydrogen-bond acceptors (Lipinski definition) is 5. The van der Waals surface area contributed by atoms with E-state index in [4.69, 9.17) is 0 Å². The Morgan fingerprint density at radius 1 is 1.12 bits per heavy atom. The Balaban J connectivity index is -0.000000130. The second-order valence-electron chi connectivity index (χ2n) is 7.74. The van der Waals surface area contributed by atoms with E-state index in [-0.39, 0.29) is 30.6 Å². The van der Waals surface area contributed by atoms with Crippen molar-refractivity contribution in [1.29, 1.82) is 0 Å². The summed E-state index contributed by atoms with van der Waals surface area (Å²) in [5.74, 6) is 0.412. The number of ether oxygens (including phenoxy) is 1. The lowest BCUT2D eigenvalue weighted by Gasteiger charge is -2.12. The van der Waals surface area contributed by atoms with E-state index >= 15 is 0 Å². The number of carbonyl (C=O) groups excluding carboxylic acids is 2. The topological polar surface area (TPSA) is 82.1 Å². The second-order valence-corrected chi connectivity index (χ2v) is 20.5. The van der Waals surface area contributed by atoms with Gasteiger partial charge in [0.25, 0.3) is 0 Å². The molecule has 5 nitrogen and oxygen atoms in total. The maximum Gasteiger partial charge on any atom is 0.234 e. The highest BCUT2D eigenvalue weighted by Crippen LogP contribution is 2.09. The van der Waals surface area contributed by atoms with Gasteiger partial charge in [0.05, 0.1) is 33.8 Å². The number of alkyl halides is 2. The zero-order valence-electron chi connectivity index (χ0n) is 16.9. The minimum atomic E-state index is -1.11. The molecule has 1 saturated heterocycles. The lowest BCUT2D eigenvalue weighted by atomic mass is 10.5. The highest BCUT2D eigenvalue weighted by atomic mass is 127. The fraction of sp³-hybridized carbons (Fsp3) is 0.875. The molecule has 0 bridgehead atoms. The Morgan fingerprint density at radius 2 is 1.58 bits per heavy atom. The van der Waals surface area contributed by atoms with E-state index in [1.54, 1.807) is 0 Å². The van der Waals surface area contributed by atoms with Crippen molar-refractivity contribution in [3.05, 3.63) is 0 Å². The highest BCUT2D eigenvalue weighted by Gasteiger charge is 2.16. The van der Waals surface area contributed by atoms with Crippen LogP contribution >= 0.6 is 45.2 Å². The number of Topliss-reactive ketones (excluding diaryl/α,β-unsaturated/α-hetero) is 1. The summed E-state index contributed by atoms with van der Waals surface area (Å²) in [5.41, 5.74) is 0. The fourth-order valence-corrected chi connectivity index (χ4v) is 3.90. The van der Waals surface area contributed by atoms with Crippen LogP contribution in [-0.4, -0.2) is 62.9 Å². The van der Waals surface area contributed by atoms with Crippen LogP contribution in [0.3, 0.4) is 0 Å². The van der Waals surface area contributed by atoms with Crippen LogP contribution in [0.15, 0.2) is 4.99 Å². The molecular weight excluding hydrogens is 707 g/mol. The summed E-state index contributed by atoms with van der Waals surface area (Å²) in [6, 6.07) is 0.843. The molecule has 0 saturated carbocycles. The van der Waals surface area contributed by atoms with Gasteiger partial charge in [-0.2, -0.15) is 0 Å². The minimum Gasteiger partial charge on any atom is -1.00 e. The number of nitrogens with zero attached hydrogens (tertiary/aromatic N) is 1. The van der Waals surface area contributed by atoms with Crippen LogP contribution < -0.4 is 29.1 Å². The van der Waals surface area contributed by atoms with E-state index in [9.17, 15) is 14.7 Å². The molecule has 158 valence electrons. The minimum absolute atomic E-state index is 0. The molecule has 1 heterocycles. The zero-order chi connectivity index (χ0) is 20.4. The predicted molar refractivity (Wildman–Crippen MR) is 128 cm³/mol. The van der Waals surface area contributed by atoms with E-state index < -0.39 is 16.1 Å². The Kier molecular flexibility index (Phi) is 30.8. The molecule has 0 atom stereocenters. The van der Waals surface area contributed by atoms with Crippen LogP contribution in [0.4, 0.5) is 0 Å². The largest absolute Gasteiger partial charge is 1.00 e. The van der Waals surface area contributed by atoms with Gasteiger partial charge in [-0.3, -0.25) is 4.79 Å². The Morgan fingerprint density at radius 3 is 1.65 bits per heavy atom. The number of isocyanates is 1. The SMILES string of the molecule is C1CO1.C[Si](C)(C)CC(=O)CI.C[Si](C)(C)CN=C=O.[I-].[O-]CCCI. The van der Waals surface area contributed by atoms with Gasteiger partial charge in [0.2, 0.25) is 6.08 Å². The number of hydrogen-bond donors (Lipinski definition) is 0. The molecule has 26 heavy (non-hydrogen) atoms.